The van der Waals surface area contributed by atoms with Crippen molar-refractivity contribution >= 4 is 11.6 Å². The molecule has 2 heterocycles. The molecule has 0 bridgehead atoms. The van der Waals surface area contributed by atoms with Crippen LogP contribution in [0.2, 0.25) is 0 Å². The SMILES string of the molecule is O=c1ccn([C@@]2(Cl)CO[C@@](CO)(CF)[C@H]2O)c(=O)[nH]1. The van der Waals surface area contributed by atoms with Gasteiger partial charge in [-0.25, -0.2) is 9.18 Å². The van der Waals surface area contributed by atoms with Crippen LogP contribution in [0.15, 0.2) is 21.9 Å². The first kappa shape index (κ1) is 14.2. The van der Waals surface area contributed by atoms with Crippen LogP contribution < -0.4 is 11.2 Å². The van der Waals surface area contributed by atoms with Crippen molar-refractivity contribution in [2.24, 2.45) is 0 Å². The zero-order valence-electron chi connectivity index (χ0n) is 9.68. The van der Waals surface area contributed by atoms with E-state index in [9.17, 15) is 19.1 Å². The Morgan fingerprint density at radius 2 is 2.32 bits per heavy atom. The Morgan fingerprint density at radius 3 is 2.79 bits per heavy atom. The van der Waals surface area contributed by atoms with Gasteiger partial charge in [-0.3, -0.25) is 14.3 Å². The van der Waals surface area contributed by atoms with E-state index in [2.05, 4.69) is 0 Å². The molecule has 1 aromatic rings. The van der Waals surface area contributed by atoms with E-state index in [1.807, 2.05) is 4.98 Å². The van der Waals surface area contributed by atoms with E-state index in [0.29, 0.717) is 0 Å². The molecule has 1 aromatic heterocycles. The van der Waals surface area contributed by atoms with Crippen LogP contribution in [0.4, 0.5) is 4.39 Å². The first-order chi connectivity index (χ1) is 8.89. The number of halogens is 2. The van der Waals surface area contributed by atoms with Crippen LogP contribution in [0.25, 0.3) is 0 Å². The van der Waals surface area contributed by atoms with Gasteiger partial charge in [0.2, 0.25) is 0 Å². The molecule has 2 rings (SSSR count). The number of aromatic nitrogens is 2. The number of nitrogens with one attached hydrogen (secondary N) is 1. The summed E-state index contributed by atoms with van der Waals surface area (Å²) in [6, 6.07) is 1.03. The smallest absolute Gasteiger partial charge is 0.329 e. The second kappa shape index (κ2) is 4.71. The van der Waals surface area contributed by atoms with Crippen LogP contribution in [0.1, 0.15) is 0 Å². The van der Waals surface area contributed by atoms with Gasteiger partial charge in [-0.15, -0.1) is 0 Å². The third-order valence-electron chi connectivity index (χ3n) is 3.20. The van der Waals surface area contributed by atoms with Gasteiger partial charge in [-0.05, 0) is 0 Å². The summed E-state index contributed by atoms with van der Waals surface area (Å²) in [5.74, 6) is 0. The Kier molecular flexibility index (Phi) is 3.52. The molecule has 1 aliphatic heterocycles. The van der Waals surface area contributed by atoms with Crippen molar-refractivity contribution in [2.45, 2.75) is 16.7 Å². The predicted octanol–water partition coefficient (Wildman–Crippen LogP) is -1.48. The van der Waals surface area contributed by atoms with Gasteiger partial charge < -0.3 is 14.9 Å². The molecule has 7 nitrogen and oxygen atoms in total. The van der Waals surface area contributed by atoms with Gasteiger partial charge in [0.1, 0.15) is 18.4 Å². The molecule has 1 aliphatic rings. The number of nitrogens with zero attached hydrogens (tertiary/aromatic N) is 1. The first-order valence-corrected chi connectivity index (χ1v) is 5.78. The highest BCUT2D eigenvalue weighted by Crippen LogP contribution is 2.41. The molecule has 3 N–H and O–H groups in total. The molecule has 0 spiro atoms. The Bertz CT molecular complexity index is 584. The maximum atomic E-state index is 13.0. The zero-order valence-corrected chi connectivity index (χ0v) is 10.4. The molecule has 3 atom stereocenters. The maximum absolute atomic E-state index is 13.0. The Morgan fingerprint density at radius 1 is 1.63 bits per heavy atom. The number of aromatic amines is 1. The van der Waals surface area contributed by atoms with Crippen LogP contribution in [-0.2, 0) is 9.73 Å². The van der Waals surface area contributed by atoms with Crippen LogP contribution in [0, 0.1) is 0 Å². The molecule has 1 fully saturated rings. The number of aliphatic hydroxyl groups is 2. The van der Waals surface area contributed by atoms with Gasteiger partial charge in [-0.2, -0.15) is 0 Å². The quantitative estimate of drug-likeness (QED) is 0.590. The Balaban J connectivity index is 2.50. The summed E-state index contributed by atoms with van der Waals surface area (Å²) in [4.78, 5) is 22.8. The van der Waals surface area contributed by atoms with E-state index < -0.39 is 47.8 Å². The summed E-state index contributed by atoms with van der Waals surface area (Å²) < 4.78 is 18.9. The fourth-order valence-electron chi connectivity index (χ4n) is 2.00. The van der Waals surface area contributed by atoms with E-state index in [-0.39, 0.29) is 0 Å². The number of rotatable bonds is 3. The first-order valence-electron chi connectivity index (χ1n) is 5.40. The average Bonchev–Trinajstić information content (AvgIpc) is 2.64. The van der Waals surface area contributed by atoms with Crippen LogP contribution >= 0.6 is 11.6 Å². The molecular formula is C10H12ClFN2O5. The summed E-state index contributed by atoms with van der Waals surface area (Å²) in [7, 11) is 0. The number of ether oxygens (including phenoxy) is 1. The van der Waals surface area contributed by atoms with Crippen molar-refractivity contribution in [2.75, 3.05) is 19.9 Å². The molecule has 106 valence electrons. The van der Waals surface area contributed by atoms with Gasteiger partial charge in [0, 0.05) is 12.3 Å². The lowest BCUT2D eigenvalue weighted by molar-refractivity contribution is -0.104. The standard InChI is InChI=1S/C10H12ClFN2O5/c11-10(14-2-1-6(16)13-8(14)18)5-19-9(3-12,4-15)7(10)17/h1-2,7,15,17H,3-5H2,(H,13,16,18)/t7-,9-,10+/m1/s1. The van der Waals surface area contributed by atoms with Gasteiger partial charge in [-0.1, -0.05) is 11.6 Å². The monoisotopic (exact) mass is 294 g/mol. The topological polar surface area (TPSA) is 105 Å². The normalized spacial score (nSPS) is 34.6. The number of hydrogen-bond acceptors (Lipinski definition) is 5. The predicted molar refractivity (Wildman–Crippen MR) is 62.9 cm³/mol. The highest BCUT2D eigenvalue weighted by atomic mass is 35.5. The summed E-state index contributed by atoms with van der Waals surface area (Å²) in [6.45, 7) is -2.36. The third kappa shape index (κ3) is 2.00. The largest absolute Gasteiger partial charge is 0.393 e. The van der Waals surface area contributed by atoms with Crippen molar-refractivity contribution in [1.29, 1.82) is 0 Å². The van der Waals surface area contributed by atoms with Crippen LogP contribution in [0.5, 0.6) is 0 Å². The lowest BCUT2D eigenvalue weighted by Crippen LogP contribution is -2.54. The fraction of sp³-hybridized carbons (Fsp3) is 0.600. The fourth-order valence-corrected chi connectivity index (χ4v) is 2.39. The highest BCUT2D eigenvalue weighted by molar-refractivity contribution is 6.22. The van der Waals surface area contributed by atoms with Crippen molar-refractivity contribution < 1.29 is 19.3 Å². The van der Waals surface area contributed by atoms with Crippen molar-refractivity contribution in [3.8, 4) is 0 Å². The van der Waals surface area contributed by atoms with E-state index in [0.717, 1.165) is 16.8 Å². The second-order valence-corrected chi connectivity index (χ2v) is 5.00. The second-order valence-electron chi connectivity index (χ2n) is 4.35. The number of H-pyrrole nitrogens is 1. The molecular weight excluding hydrogens is 283 g/mol. The molecule has 1 saturated heterocycles. The molecule has 0 amide bonds. The van der Waals surface area contributed by atoms with Crippen LogP contribution in [0.3, 0.4) is 0 Å². The summed E-state index contributed by atoms with van der Waals surface area (Å²) in [5.41, 5.74) is -3.37. The van der Waals surface area contributed by atoms with E-state index in [1.165, 1.54) is 0 Å². The van der Waals surface area contributed by atoms with Gasteiger partial charge in [0.25, 0.3) is 5.56 Å². The van der Waals surface area contributed by atoms with E-state index in [1.54, 1.807) is 0 Å². The highest BCUT2D eigenvalue weighted by Gasteiger charge is 2.59. The molecule has 0 saturated carbocycles. The van der Waals surface area contributed by atoms with E-state index in [4.69, 9.17) is 21.4 Å². The number of hydrogen-bond donors (Lipinski definition) is 3. The van der Waals surface area contributed by atoms with E-state index >= 15 is 0 Å². The van der Waals surface area contributed by atoms with Gasteiger partial charge in [0.15, 0.2) is 5.00 Å². The number of aliphatic hydroxyl groups excluding tert-OH is 2. The van der Waals surface area contributed by atoms with Crippen molar-refractivity contribution in [1.82, 2.24) is 9.55 Å². The minimum atomic E-state index is -1.88. The average molecular weight is 295 g/mol. The summed E-state index contributed by atoms with van der Waals surface area (Å²) >= 11 is 6.13. The lowest BCUT2D eigenvalue weighted by atomic mass is 9.96. The van der Waals surface area contributed by atoms with Crippen LogP contribution in [-0.4, -0.2) is 51.4 Å². The Hall–Kier alpha value is -1.22. The molecule has 0 aromatic carbocycles. The van der Waals surface area contributed by atoms with Gasteiger partial charge >= 0.3 is 5.69 Å². The molecule has 19 heavy (non-hydrogen) atoms. The number of alkyl halides is 2. The van der Waals surface area contributed by atoms with Crippen molar-refractivity contribution in [3.05, 3.63) is 33.1 Å². The lowest BCUT2D eigenvalue weighted by Gasteiger charge is -2.31. The zero-order chi connectivity index (χ0) is 14.3. The van der Waals surface area contributed by atoms with Crippen molar-refractivity contribution in [3.63, 3.8) is 0 Å². The maximum Gasteiger partial charge on any atom is 0.329 e. The van der Waals surface area contributed by atoms with Gasteiger partial charge in [0.05, 0.1) is 13.2 Å². The minimum Gasteiger partial charge on any atom is -0.393 e. The summed E-state index contributed by atoms with van der Waals surface area (Å²) in [6.07, 6.45) is -0.591. The third-order valence-corrected chi connectivity index (χ3v) is 3.70. The summed E-state index contributed by atoms with van der Waals surface area (Å²) in [5, 5.41) is 19.2. The Labute approximate surface area is 111 Å². The molecule has 9 heteroatoms. The molecule has 0 aliphatic carbocycles. The molecule has 0 radical (unpaired) electrons. The minimum absolute atomic E-state index is 0.397. The molecule has 0 unspecified atom stereocenters.